The van der Waals surface area contributed by atoms with Crippen molar-refractivity contribution in [1.29, 1.82) is 0 Å². The molecular formula is C13H22N4OS. The van der Waals surface area contributed by atoms with Gasteiger partial charge in [0, 0.05) is 26.7 Å². The number of hydrogen-bond donors (Lipinski definition) is 0. The van der Waals surface area contributed by atoms with Gasteiger partial charge >= 0.3 is 5.69 Å². The van der Waals surface area contributed by atoms with Crippen LogP contribution in [0.25, 0.3) is 0 Å². The summed E-state index contributed by atoms with van der Waals surface area (Å²) < 4.78 is 4.14. The maximum Gasteiger partial charge on any atom is 0.353 e. The van der Waals surface area contributed by atoms with Gasteiger partial charge in [-0.1, -0.05) is 19.3 Å². The van der Waals surface area contributed by atoms with Crippen LogP contribution in [-0.4, -0.2) is 27.7 Å². The maximum atomic E-state index is 12.3. The summed E-state index contributed by atoms with van der Waals surface area (Å²) >= 11 is 5.48. The maximum absolute atomic E-state index is 12.3. The van der Waals surface area contributed by atoms with Crippen molar-refractivity contribution in [3.05, 3.63) is 15.3 Å². The fourth-order valence-electron chi connectivity index (χ4n) is 2.68. The van der Waals surface area contributed by atoms with Crippen LogP contribution in [0.1, 0.15) is 45.1 Å². The minimum atomic E-state index is -0.203. The Labute approximate surface area is 118 Å². The predicted molar refractivity (Wildman–Crippen MR) is 79.4 cm³/mol. The third-order valence-electron chi connectivity index (χ3n) is 3.95. The predicted octanol–water partition coefficient (Wildman–Crippen LogP) is 2.27. The van der Waals surface area contributed by atoms with Gasteiger partial charge in [-0.2, -0.15) is 4.98 Å². The summed E-state index contributed by atoms with van der Waals surface area (Å²) in [4.78, 5) is 18.4. The third-order valence-corrected chi connectivity index (χ3v) is 4.42. The first-order valence-electron chi connectivity index (χ1n) is 6.97. The highest BCUT2D eigenvalue weighted by Gasteiger charge is 2.20. The third kappa shape index (κ3) is 2.73. The number of anilines is 1. The lowest BCUT2D eigenvalue weighted by molar-refractivity contribution is 0.331. The van der Waals surface area contributed by atoms with Crippen molar-refractivity contribution in [2.24, 2.45) is 7.05 Å². The largest absolute Gasteiger partial charge is 0.353 e. The van der Waals surface area contributed by atoms with Crippen LogP contribution in [0, 0.1) is 4.77 Å². The van der Waals surface area contributed by atoms with E-state index in [-0.39, 0.29) is 11.7 Å². The zero-order valence-corrected chi connectivity index (χ0v) is 12.7. The van der Waals surface area contributed by atoms with E-state index in [1.165, 1.54) is 19.3 Å². The SMILES string of the molecule is CCN(C)c1nc(=O)n(C2CCCCC2)c(=S)n1C. The smallest absolute Gasteiger partial charge is 0.345 e. The van der Waals surface area contributed by atoms with Crippen LogP contribution >= 0.6 is 12.2 Å². The summed E-state index contributed by atoms with van der Waals surface area (Å²) in [7, 11) is 3.80. The highest BCUT2D eigenvalue weighted by molar-refractivity contribution is 7.71. The normalized spacial score (nSPS) is 16.6. The average molecular weight is 282 g/mol. The highest BCUT2D eigenvalue weighted by Crippen LogP contribution is 2.27. The summed E-state index contributed by atoms with van der Waals surface area (Å²) in [5.74, 6) is 0.643. The quantitative estimate of drug-likeness (QED) is 0.798. The fraction of sp³-hybridized carbons (Fsp3) is 0.769. The molecule has 0 aromatic carbocycles. The minimum Gasteiger partial charge on any atom is -0.345 e. The zero-order valence-electron chi connectivity index (χ0n) is 11.9. The second-order valence-corrected chi connectivity index (χ2v) is 5.58. The van der Waals surface area contributed by atoms with Gasteiger partial charge in [0.05, 0.1) is 0 Å². The summed E-state index contributed by atoms with van der Waals surface area (Å²) in [6, 6.07) is 0.230. The van der Waals surface area contributed by atoms with E-state index < -0.39 is 0 Å². The van der Waals surface area contributed by atoms with Gasteiger partial charge in [-0.25, -0.2) is 4.79 Å². The Morgan fingerprint density at radius 3 is 2.58 bits per heavy atom. The lowest BCUT2D eigenvalue weighted by atomic mass is 9.95. The lowest BCUT2D eigenvalue weighted by Crippen LogP contribution is -2.35. The van der Waals surface area contributed by atoms with Crippen molar-refractivity contribution in [1.82, 2.24) is 14.1 Å². The Balaban J connectivity index is 2.49. The average Bonchev–Trinajstić information content (AvgIpc) is 2.43. The van der Waals surface area contributed by atoms with Gasteiger partial charge in [-0.3, -0.25) is 9.13 Å². The van der Waals surface area contributed by atoms with Gasteiger partial charge in [0.2, 0.25) is 5.95 Å². The van der Waals surface area contributed by atoms with E-state index in [1.807, 2.05) is 30.5 Å². The van der Waals surface area contributed by atoms with Crippen LogP contribution in [0.2, 0.25) is 0 Å². The molecule has 19 heavy (non-hydrogen) atoms. The Morgan fingerprint density at radius 2 is 2.00 bits per heavy atom. The summed E-state index contributed by atoms with van der Waals surface area (Å²) in [5.41, 5.74) is -0.203. The van der Waals surface area contributed by atoms with Crippen molar-refractivity contribution in [2.45, 2.75) is 45.1 Å². The highest BCUT2D eigenvalue weighted by atomic mass is 32.1. The molecule has 0 N–H and O–H groups in total. The van der Waals surface area contributed by atoms with E-state index in [2.05, 4.69) is 4.98 Å². The van der Waals surface area contributed by atoms with Crippen LogP contribution < -0.4 is 10.6 Å². The Morgan fingerprint density at radius 1 is 1.37 bits per heavy atom. The molecule has 1 aromatic heterocycles. The van der Waals surface area contributed by atoms with Crippen LogP contribution in [-0.2, 0) is 7.05 Å². The van der Waals surface area contributed by atoms with Crippen LogP contribution in [0.5, 0.6) is 0 Å². The zero-order chi connectivity index (χ0) is 14.0. The molecule has 106 valence electrons. The molecule has 5 nitrogen and oxygen atoms in total. The molecule has 0 saturated heterocycles. The summed E-state index contributed by atoms with van der Waals surface area (Å²) in [5, 5.41) is 0. The molecular weight excluding hydrogens is 260 g/mol. The molecule has 1 aliphatic rings. The standard InChI is InChI=1S/C13H22N4OS/c1-4-15(2)11-14-12(18)17(13(19)16(11)3)10-8-6-5-7-9-10/h10H,4-9H2,1-3H3. The first-order chi connectivity index (χ1) is 9.06. The molecule has 0 radical (unpaired) electrons. The van der Waals surface area contributed by atoms with Gasteiger partial charge in [0.25, 0.3) is 0 Å². The van der Waals surface area contributed by atoms with Crippen molar-refractivity contribution in [2.75, 3.05) is 18.5 Å². The van der Waals surface area contributed by atoms with E-state index >= 15 is 0 Å². The van der Waals surface area contributed by atoms with Crippen LogP contribution in [0.15, 0.2) is 4.79 Å². The first-order valence-corrected chi connectivity index (χ1v) is 7.37. The lowest BCUT2D eigenvalue weighted by Gasteiger charge is -2.26. The summed E-state index contributed by atoms with van der Waals surface area (Å²) in [6.07, 6.45) is 5.68. The van der Waals surface area contributed by atoms with E-state index in [9.17, 15) is 4.79 Å². The van der Waals surface area contributed by atoms with E-state index in [0.29, 0.717) is 10.7 Å². The molecule has 0 atom stereocenters. The van der Waals surface area contributed by atoms with Gasteiger partial charge in [0.15, 0.2) is 4.77 Å². The van der Waals surface area contributed by atoms with E-state index in [0.717, 1.165) is 19.4 Å². The number of aromatic nitrogens is 3. The number of hydrogen-bond acceptors (Lipinski definition) is 4. The molecule has 0 unspecified atom stereocenters. The molecule has 6 heteroatoms. The van der Waals surface area contributed by atoms with Crippen molar-refractivity contribution in [3.63, 3.8) is 0 Å². The number of nitrogens with zero attached hydrogens (tertiary/aromatic N) is 4. The molecule has 1 fully saturated rings. The second kappa shape index (κ2) is 5.86. The molecule has 1 heterocycles. The molecule has 2 rings (SSSR count). The van der Waals surface area contributed by atoms with Crippen molar-refractivity contribution >= 4 is 18.2 Å². The first kappa shape index (κ1) is 14.2. The van der Waals surface area contributed by atoms with Crippen LogP contribution in [0.4, 0.5) is 5.95 Å². The van der Waals surface area contributed by atoms with E-state index in [4.69, 9.17) is 12.2 Å². The van der Waals surface area contributed by atoms with Gasteiger partial charge < -0.3 is 4.90 Å². The molecule has 0 bridgehead atoms. The Bertz CT molecular complexity index is 557. The van der Waals surface area contributed by atoms with Crippen LogP contribution in [0.3, 0.4) is 0 Å². The van der Waals surface area contributed by atoms with Gasteiger partial charge in [0.1, 0.15) is 0 Å². The summed E-state index contributed by atoms with van der Waals surface area (Å²) in [6.45, 7) is 2.82. The molecule has 1 saturated carbocycles. The fourth-order valence-corrected chi connectivity index (χ4v) is 2.99. The minimum absolute atomic E-state index is 0.203. The van der Waals surface area contributed by atoms with E-state index in [1.54, 1.807) is 4.57 Å². The Kier molecular flexibility index (Phi) is 4.39. The monoisotopic (exact) mass is 282 g/mol. The van der Waals surface area contributed by atoms with Crippen molar-refractivity contribution in [3.8, 4) is 0 Å². The molecule has 0 spiro atoms. The molecule has 0 aliphatic heterocycles. The topological polar surface area (TPSA) is 43.1 Å². The molecule has 1 aromatic rings. The van der Waals surface area contributed by atoms with Gasteiger partial charge in [-0.05, 0) is 32.0 Å². The molecule has 0 amide bonds. The van der Waals surface area contributed by atoms with Crippen molar-refractivity contribution < 1.29 is 0 Å². The number of rotatable bonds is 3. The molecule has 1 aliphatic carbocycles. The second-order valence-electron chi connectivity index (χ2n) is 5.21. The Hall–Kier alpha value is -1.17. The van der Waals surface area contributed by atoms with Gasteiger partial charge in [-0.15, -0.1) is 0 Å².